The van der Waals surface area contributed by atoms with E-state index in [1.54, 1.807) is 0 Å². The predicted molar refractivity (Wildman–Crippen MR) is 119 cm³/mol. The van der Waals surface area contributed by atoms with Crippen molar-refractivity contribution in [3.63, 3.8) is 0 Å². The molecule has 0 aromatic heterocycles. The van der Waals surface area contributed by atoms with Crippen molar-refractivity contribution in [1.82, 2.24) is 0 Å². The van der Waals surface area contributed by atoms with Crippen LogP contribution in [0.2, 0.25) is 0 Å². The smallest absolute Gasteiger partial charge is 0.438 e. The van der Waals surface area contributed by atoms with Gasteiger partial charge in [-0.3, -0.25) is 4.18 Å². The summed E-state index contributed by atoms with van der Waals surface area (Å²) in [5, 5.41) is 0. The standard InChI is InChI=1S/C19H20O23S2/c1-29-15(20)35-7(5-3-31-16(21)33-5)9-11(39-19(24)37-9)13-14(42-44(27,28)41-13)12(40-43(25,26)30-2)10-8(36-18(23)38-10)6-4-32-17(22)34-6/h5-14H,3-4H2,1-2H3. The highest BCUT2D eigenvalue weighted by atomic mass is 32.3. The summed E-state index contributed by atoms with van der Waals surface area (Å²) in [6.07, 6.45) is -25.6. The molecule has 5 rings (SSSR count). The normalized spacial score (nSPS) is 35.6. The molecule has 0 spiro atoms. The van der Waals surface area contributed by atoms with Crippen LogP contribution in [0.5, 0.6) is 0 Å². The number of carbonyl (C=O) groups excluding carboxylic acids is 5. The second-order valence-corrected chi connectivity index (χ2v) is 11.5. The monoisotopic (exact) mass is 680 g/mol. The Bertz CT molecular complexity index is 1410. The molecule has 23 nitrogen and oxygen atoms in total. The summed E-state index contributed by atoms with van der Waals surface area (Å²) in [6, 6.07) is 0. The first-order chi connectivity index (χ1) is 20.7. The number of cyclic esters (lactones) is 8. The van der Waals surface area contributed by atoms with Crippen molar-refractivity contribution in [3.05, 3.63) is 0 Å². The van der Waals surface area contributed by atoms with Gasteiger partial charge in [-0.1, -0.05) is 0 Å². The molecule has 25 heteroatoms. The number of methoxy groups -OCH3 is 1. The van der Waals surface area contributed by atoms with Gasteiger partial charge >= 0.3 is 51.6 Å². The Hall–Kier alpha value is -3.91. The van der Waals surface area contributed by atoms with Crippen LogP contribution in [0.4, 0.5) is 24.0 Å². The zero-order valence-corrected chi connectivity index (χ0v) is 23.5. The molecule has 0 amide bonds. The molecule has 0 saturated carbocycles. The largest absolute Gasteiger partial charge is 0.509 e. The summed E-state index contributed by atoms with van der Waals surface area (Å²) in [6.45, 7) is -1.07. The molecule has 5 heterocycles. The maximum Gasteiger partial charge on any atom is 0.509 e. The minimum atomic E-state index is -5.10. The molecule has 10 atom stereocenters. The first-order valence-corrected chi connectivity index (χ1v) is 14.6. The van der Waals surface area contributed by atoms with Crippen molar-refractivity contribution in [2.75, 3.05) is 27.4 Å². The van der Waals surface area contributed by atoms with Gasteiger partial charge < -0.3 is 47.4 Å². The number of ether oxygens (including phenoxy) is 10. The van der Waals surface area contributed by atoms with Crippen molar-refractivity contribution in [2.24, 2.45) is 0 Å². The van der Waals surface area contributed by atoms with E-state index < -0.39 is 126 Å². The van der Waals surface area contributed by atoms with Crippen LogP contribution in [0.1, 0.15) is 0 Å². The molecular formula is C19H20O23S2. The molecule has 0 aromatic rings. The van der Waals surface area contributed by atoms with Gasteiger partial charge in [0.25, 0.3) is 0 Å². The van der Waals surface area contributed by atoms with E-state index in [4.69, 9.17) is 45.7 Å². The average Bonchev–Trinajstić information content (AvgIpc) is 3.78. The molecule has 0 aliphatic carbocycles. The fourth-order valence-electron chi connectivity index (χ4n) is 4.70. The zero-order valence-electron chi connectivity index (χ0n) is 21.9. The van der Waals surface area contributed by atoms with Gasteiger partial charge in [-0.15, -0.1) is 0 Å². The number of hydrogen-bond donors (Lipinski definition) is 0. The molecule has 44 heavy (non-hydrogen) atoms. The van der Waals surface area contributed by atoms with Crippen molar-refractivity contribution in [1.29, 1.82) is 0 Å². The van der Waals surface area contributed by atoms with E-state index in [0.29, 0.717) is 7.11 Å². The Morgan fingerprint density at radius 3 is 1.93 bits per heavy atom. The topological polar surface area (TPSA) is 283 Å². The van der Waals surface area contributed by atoms with E-state index in [2.05, 4.69) is 18.4 Å². The first-order valence-electron chi connectivity index (χ1n) is 12.0. The van der Waals surface area contributed by atoms with Crippen LogP contribution in [0.15, 0.2) is 0 Å². The quantitative estimate of drug-likeness (QED) is 0.184. The Balaban J connectivity index is 1.53. The summed E-state index contributed by atoms with van der Waals surface area (Å²) in [5.74, 6) is 0. The maximum atomic E-state index is 12.6. The molecule has 0 radical (unpaired) electrons. The third-order valence-corrected chi connectivity index (χ3v) is 8.23. The first kappa shape index (κ1) is 31.5. The van der Waals surface area contributed by atoms with Gasteiger partial charge in [0.1, 0.15) is 19.3 Å². The predicted octanol–water partition coefficient (Wildman–Crippen LogP) is -1.68. The van der Waals surface area contributed by atoms with E-state index in [9.17, 15) is 40.8 Å². The van der Waals surface area contributed by atoms with Gasteiger partial charge in [0.05, 0.1) is 14.2 Å². The lowest BCUT2D eigenvalue weighted by Crippen LogP contribution is -2.57. The highest BCUT2D eigenvalue weighted by molar-refractivity contribution is 7.82. The van der Waals surface area contributed by atoms with Gasteiger partial charge in [-0.25, -0.2) is 36.5 Å². The highest BCUT2D eigenvalue weighted by Crippen LogP contribution is 2.39. The average molecular weight is 680 g/mol. The minimum Gasteiger partial charge on any atom is -0.438 e. The number of rotatable bonds is 10. The van der Waals surface area contributed by atoms with Gasteiger partial charge in [0.15, 0.2) is 54.9 Å². The van der Waals surface area contributed by atoms with Gasteiger partial charge in [0, 0.05) is 0 Å². The number of hydrogen-bond acceptors (Lipinski definition) is 23. The van der Waals surface area contributed by atoms with E-state index in [1.807, 2.05) is 0 Å². The van der Waals surface area contributed by atoms with Crippen LogP contribution in [0.25, 0.3) is 0 Å². The van der Waals surface area contributed by atoms with Gasteiger partial charge in [-0.05, 0) is 0 Å². The second-order valence-electron chi connectivity index (χ2n) is 8.97. The van der Waals surface area contributed by atoms with Crippen LogP contribution < -0.4 is 0 Å². The third kappa shape index (κ3) is 6.46. The van der Waals surface area contributed by atoms with Crippen LogP contribution in [-0.4, -0.2) is 136 Å². The zero-order chi connectivity index (χ0) is 32.0. The van der Waals surface area contributed by atoms with Crippen molar-refractivity contribution >= 4 is 51.6 Å². The fourth-order valence-corrected chi connectivity index (χ4v) is 6.30. The van der Waals surface area contributed by atoms with E-state index >= 15 is 0 Å². The van der Waals surface area contributed by atoms with Gasteiger partial charge in [-0.2, -0.15) is 16.8 Å². The van der Waals surface area contributed by atoms with Crippen LogP contribution in [0, 0.1) is 0 Å². The van der Waals surface area contributed by atoms with Crippen molar-refractivity contribution in [3.8, 4) is 0 Å². The molecule has 5 aliphatic rings. The van der Waals surface area contributed by atoms with Crippen LogP contribution >= 0.6 is 0 Å². The lowest BCUT2D eigenvalue weighted by molar-refractivity contribution is -0.109. The minimum absolute atomic E-state index is 0.519. The summed E-state index contributed by atoms with van der Waals surface area (Å²) in [7, 11) is -8.57. The summed E-state index contributed by atoms with van der Waals surface area (Å²) in [5.41, 5.74) is 0. The van der Waals surface area contributed by atoms with E-state index in [1.165, 1.54) is 0 Å². The van der Waals surface area contributed by atoms with E-state index in [-0.39, 0.29) is 0 Å². The molecule has 10 unspecified atom stereocenters. The maximum absolute atomic E-state index is 12.6. The van der Waals surface area contributed by atoms with Crippen molar-refractivity contribution in [2.45, 2.75) is 61.0 Å². The molecule has 0 bridgehead atoms. The second kappa shape index (κ2) is 11.9. The van der Waals surface area contributed by atoms with Crippen molar-refractivity contribution < 1.29 is 105 Å². The summed E-state index contributed by atoms with van der Waals surface area (Å²) < 4.78 is 118. The lowest BCUT2D eigenvalue weighted by Gasteiger charge is -2.33. The van der Waals surface area contributed by atoms with Crippen LogP contribution in [-0.2, 0) is 84.9 Å². The molecule has 5 aliphatic heterocycles. The Kier molecular flexibility index (Phi) is 8.51. The summed E-state index contributed by atoms with van der Waals surface area (Å²) in [4.78, 5) is 59.6. The molecular weight excluding hydrogens is 660 g/mol. The number of carbonyl (C=O) groups is 5. The molecule has 5 fully saturated rings. The Labute approximate surface area is 245 Å². The molecule has 0 N–H and O–H groups in total. The Morgan fingerprint density at radius 2 is 1.36 bits per heavy atom. The van der Waals surface area contributed by atoms with Gasteiger partial charge in [0.2, 0.25) is 0 Å². The Morgan fingerprint density at radius 1 is 0.750 bits per heavy atom. The van der Waals surface area contributed by atoms with E-state index in [0.717, 1.165) is 7.11 Å². The molecule has 246 valence electrons. The SMILES string of the molecule is COC(=O)OC(C1COC(=O)O1)C1OC(=O)OC1C1OS(=O)(=O)OC1C(OS(=O)(=O)OC)C1OC(=O)OC1C1COC(=O)O1. The molecule has 0 aromatic carbocycles. The van der Waals surface area contributed by atoms with Crippen LogP contribution in [0.3, 0.4) is 0 Å². The third-order valence-electron chi connectivity index (χ3n) is 6.44. The summed E-state index contributed by atoms with van der Waals surface area (Å²) >= 11 is 0. The molecule has 5 saturated heterocycles. The fraction of sp³-hybridized carbons (Fsp3) is 0.737. The lowest BCUT2D eigenvalue weighted by atomic mass is 9.90. The highest BCUT2D eigenvalue weighted by Gasteiger charge is 2.64.